The molecule has 0 unspecified atom stereocenters. The van der Waals surface area contributed by atoms with Gasteiger partial charge in [0, 0.05) is 38.9 Å². The van der Waals surface area contributed by atoms with Crippen molar-refractivity contribution in [2.75, 3.05) is 19.6 Å². The number of hydrogen-bond acceptors (Lipinski definition) is 3. The van der Waals surface area contributed by atoms with Gasteiger partial charge in [0.1, 0.15) is 0 Å². The van der Waals surface area contributed by atoms with Crippen molar-refractivity contribution < 1.29 is 4.79 Å². The van der Waals surface area contributed by atoms with Crippen LogP contribution >= 0.6 is 12.4 Å². The highest BCUT2D eigenvalue weighted by atomic mass is 35.5. The second-order valence-electron chi connectivity index (χ2n) is 3.95. The molecule has 0 aliphatic carbocycles. The summed E-state index contributed by atoms with van der Waals surface area (Å²) in [7, 11) is 1.82. The molecule has 2 heterocycles. The minimum atomic E-state index is 0. The predicted octanol–water partition coefficient (Wildman–Crippen LogP) is 0.276. The first kappa shape index (κ1) is 13.0. The minimum absolute atomic E-state index is 0. The Balaban J connectivity index is 0.00000128. The zero-order valence-corrected chi connectivity index (χ0v) is 10.3. The maximum Gasteiger partial charge on any atom is 0.257 e. The van der Waals surface area contributed by atoms with E-state index in [0.717, 1.165) is 19.6 Å². The lowest BCUT2D eigenvalue weighted by atomic mass is 10.2. The third-order valence-corrected chi connectivity index (χ3v) is 2.71. The average molecular weight is 245 g/mol. The summed E-state index contributed by atoms with van der Waals surface area (Å²) in [5.74, 6) is 0.0806. The topological polar surface area (TPSA) is 50.2 Å². The molecule has 0 aromatic carbocycles. The number of carbonyl (C=O) groups is 1. The molecule has 1 atom stereocenters. The molecular weight excluding hydrogens is 228 g/mol. The Morgan fingerprint density at radius 1 is 1.62 bits per heavy atom. The SMILES string of the molecule is C[C@H]1CNCCN1C(=O)c1cnn(C)c1.Cl. The van der Waals surface area contributed by atoms with E-state index < -0.39 is 0 Å². The quantitative estimate of drug-likeness (QED) is 0.772. The number of aromatic nitrogens is 2. The Bertz CT molecular complexity index is 365. The lowest BCUT2D eigenvalue weighted by Gasteiger charge is -2.33. The summed E-state index contributed by atoms with van der Waals surface area (Å²) in [6.45, 7) is 4.57. The zero-order chi connectivity index (χ0) is 10.8. The maximum absolute atomic E-state index is 12.1. The number of rotatable bonds is 1. The highest BCUT2D eigenvalue weighted by Crippen LogP contribution is 2.09. The number of hydrogen-bond donors (Lipinski definition) is 1. The monoisotopic (exact) mass is 244 g/mol. The Kier molecular flexibility index (Phi) is 4.32. The van der Waals surface area contributed by atoms with E-state index in [1.54, 1.807) is 17.1 Å². The van der Waals surface area contributed by atoms with Crippen molar-refractivity contribution in [3.8, 4) is 0 Å². The molecule has 1 amide bonds. The molecule has 1 fully saturated rings. The standard InChI is InChI=1S/C10H16N4O.ClH/c1-8-5-11-3-4-14(8)10(15)9-6-12-13(2)7-9;/h6-8,11H,3-5H2,1-2H3;1H/t8-;/m0./s1. The first-order valence-corrected chi connectivity index (χ1v) is 5.19. The fourth-order valence-corrected chi connectivity index (χ4v) is 1.84. The van der Waals surface area contributed by atoms with Crippen molar-refractivity contribution in [3.63, 3.8) is 0 Å². The van der Waals surface area contributed by atoms with Gasteiger partial charge in [0.05, 0.1) is 11.8 Å². The van der Waals surface area contributed by atoms with Gasteiger partial charge in [0.15, 0.2) is 0 Å². The number of aryl methyl sites for hydroxylation is 1. The largest absolute Gasteiger partial charge is 0.333 e. The molecule has 0 radical (unpaired) electrons. The van der Waals surface area contributed by atoms with Crippen LogP contribution in [0.2, 0.25) is 0 Å². The Hall–Kier alpha value is -1.07. The van der Waals surface area contributed by atoms with E-state index in [1.165, 1.54) is 0 Å². The van der Waals surface area contributed by atoms with Crippen LogP contribution in [0.1, 0.15) is 17.3 Å². The molecule has 1 aromatic rings. The van der Waals surface area contributed by atoms with E-state index in [2.05, 4.69) is 17.3 Å². The smallest absolute Gasteiger partial charge is 0.257 e. The van der Waals surface area contributed by atoms with Gasteiger partial charge in [-0.3, -0.25) is 9.48 Å². The van der Waals surface area contributed by atoms with Crippen LogP contribution in [0.15, 0.2) is 12.4 Å². The number of amides is 1. The van der Waals surface area contributed by atoms with E-state index in [1.807, 2.05) is 11.9 Å². The predicted molar refractivity (Wildman–Crippen MR) is 63.8 cm³/mol. The zero-order valence-electron chi connectivity index (χ0n) is 9.51. The first-order valence-electron chi connectivity index (χ1n) is 5.19. The third-order valence-electron chi connectivity index (χ3n) is 2.71. The Morgan fingerprint density at radius 3 is 2.94 bits per heavy atom. The highest BCUT2D eigenvalue weighted by molar-refractivity contribution is 5.94. The lowest BCUT2D eigenvalue weighted by Crippen LogP contribution is -2.52. The molecular formula is C10H17ClN4O. The minimum Gasteiger partial charge on any atom is -0.333 e. The van der Waals surface area contributed by atoms with Gasteiger partial charge in [-0.2, -0.15) is 5.10 Å². The van der Waals surface area contributed by atoms with Gasteiger partial charge in [-0.15, -0.1) is 12.4 Å². The van der Waals surface area contributed by atoms with Crippen LogP contribution in [-0.2, 0) is 7.05 Å². The molecule has 5 nitrogen and oxygen atoms in total. The van der Waals surface area contributed by atoms with Crippen LogP contribution < -0.4 is 5.32 Å². The van der Waals surface area contributed by atoms with E-state index in [0.29, 0.717) is 5.56 Å². The molecule has 90 valence electrons. The van der Waals surface area contributed by atoms with Crippen molar-refractivity contribution in [1.82, 2.24) is 20.0 Å². The van der Waals surface area contributed by atoms with Crippen molar-refractivity contribution in [3.05, 3.63) is 18.0 Å². The molecule has 0 bridgehead atoms. The van der Waals surface area contributed by atoms with Gasteiger partial charge in [0.2, 0.25) is 0 Å². The molecule has 0 saturated carbocycles. The van der Waals surface area contributed by atoms with Gasteiger partial charge in [-0.25, -0.2) is 0 Å². The molecule has 1 aliphatic heterocycles. The number of nitrogens with one attached hydrogen (secondary N) is 1. The summed E-state index contributed by atoms with van der Waals surface area (Å²) >= 11 is 0. The van der Waals surface area contributed by atoms with Crippen LogP contribution in [-0.4, -0.2) is 46.3 Å². The van der Waals surface area contributed by atoms with E-state index in [-0.39, 0.29) is 24.4 Å². The maximum atomic E-state index is 12.1. The van der Waals surface area contributed by atoms with Crippen LogP contribution in [0.4, 0.5) is 0 Å². The molecule has 6 heteroatoms. The van der Waals surface area contributed by atoms with Crippen molar-refractivity contribution in [1.29, 1.82) is 0 Å². The Labute approximate surface area is 101 Å². The molecule has 1 aliphatic rings. The van der Waals surface area contributed by atoms with E-state index in [9.17, 15) is 4.79 Å². The average Bonchev–Trinajstić information content (AvgIpc) is 2.65. The molecule has 2 rings (SSSR count). The van der Waals surface area contributed by atoms with E-state index in [4.69, 9.17) is 0 Å². The van der Waals surface area contributed by atoms with Crippen LogP contribution in [0, 0.1) is 0 Å². The van der Waals surface area contributed by atoms with Crippen LogP contribution in [0.5, 0.6) is 0 Å². The Morgan fingerprint density at radius 2 is 2.38 bits per heavy atom. The molecule has 16 heavy (non-hydrogen) atoms. The van der Waals surface area contributed by atoms with Crippen LogP contribution in [0.25, 0.3) is 0 Å². The van der Waals surface area contributed by atoms with Gasteiger partial charge < -0.3 is 10.2 Å². The number of piperazine rings is 1. The highest BCUT2D eigenvalue weighted by Gasteiger charge is 2.24. The number of halogens is 1. The second-order valence-corrected chi connectivity index (χ2v) is 3.95. The van der Waals surface area contributed by atoms with Crippen LogP contribution in [0.3, 0.4) is 0 Å². The van der Waals surface area contributed by atoms with E-state index >= 15 is 0 Å². The summed E-state index contributed by atoms with van der Waals surface area (Å²) in [6.07, 6.45) is 3.38. The van der Waals surface area contributed by atoms with Crippen molar-refractivity contribution in [2.24, 2.45) is 7.05 Å². The lowest BCUT2D eigenvalue weighted by molar-refractivity contribution is 0.0655. The first-order chi connectivity index (χ1) is 7.18. The fraction of sp³-hybridized carbons (Fsp3) is 0.600. The molecule has 1 N–H and O–H groups in total. The summed E-state index contributed by atoms with van der Waals surface area (Å²) in [5, 5.41) is 7.27. The second kappa shape index (κ2) is 5.32. The van der Waals surface area contributed by atoms with Gasteiger partial charge >= 0.3 is 0 Å². The van der Waals surface area contributed by atoms with Gasteiger partial charge in [0.25, 0.3) is 5.91 Å². The normalized spacial score (nSPS) is 20.4. The van der Waals surface area contributed by atoms with Crippen molar-refractivity contribution in [2.45, 2.75) is 13.0 Å². The summed E-state index contributed by atoms with van der Waals surface area (Å²) in [5.41, 5.74) is 0.672. The van der Waals surface area contributed by atoms with Gasteiger partial charge in [-0.05, 0) is 6.92 Å². The fourth-order valence-electron chi connectivity index (χ4n) is 1.84. The number of nitrogens with zero attached hydrogens (tertiary/aromatic N) is 3. The van der Waals surface area contributed by atoms with Crippen molar-refractivity contribution >= 4 is 18.3 Å². The third kappa shape index (κ3) is 2.54. The molecule has 0 spiro atoms. The molecule has 1 saturated heterocycles. The summed E-state index contributed by atoms with van der Waals surface area (Å²) in [6, 6.07) is 0.256. The summed E-state index contributed by atoms with van der Waals surface area (Å²) < 4.78 is 1.65. The summed E-state index contributed by atoms with van der Waals surface area (Å²) in [4.78, 5) is 14.0. The molecule has 1 aromatic heterocycles. The van der Waals surface area contributed by atoms with Gasteiger partial charge in [-0.1, -0.05) is 0 Å². The number of carbonyl (C=O) groups excluding carboxylic acids is 1.